The number of rotatable bonds is 7. The van der Waals surface area contributed by atoms with Crippen LogP contribution < -0.4 is 10.1 Å². The Morgan fingerprint density at radius 3 is 2.68 bits per heavy atom. The van der Waals surface area contributed by atoms with E-state index in [0.29, 0.717) is 0 Å². The highest BCUT2D eigenvalue weighted by molar-refractivity contribution is 6.32. The molecule has 3 nitrogen and oxygen atoms in total. The Bertz CT molecular complexity index is 484. The Hall–Kier alpha value is -0.770. The zero-order valence-corrected chi connectivity index (χ0v) is 14.9. The predicted octanol–water partition coefficient (Wildman–Crippen LogP) is 3.58. The van der Waals surface area contributed by atoms with Gasteiger partial charge in [-0.2, -0.15) is 0 Å². The molecule has 0 spiro atoms. The number of hydrogen-bond acceptors (Lipinski definition) is 3. The van der Waals surface area contributed by atoms with E-state index in [1.54, 1.807) is 0 Å². The van der Waals surface area contributed by atoms with Gasteiger partial charge in [-0.15, -0.1) is 0 Å². The Kier molecular flexibility index (Phi) is 7.00. The number of aryl methyl sites for hydroxylation is 1. The molecule has 0 amide bonds. The van der Waals surface area contributed by atoms with Crippen LogP contribution >= 0.6 is 11.6 Å². The largest absolute Gasteiger partial charge is 0.493 e. The van der Waals surface area contributed by atoms with Gasteiger partial charge in [0.25, 0.3) is 0 Å². The van der Waals surface area contributed by atoms with Crippen LogP contribution in [0.25, 0.3) is 0 Å². The van der Waals surface area contributed by atoms with Crippen molar-refractivity contribution in [3.8, 4) is 5.75 Å². The summed E-state index contributed by atoms with van der Waals surface area (Å²) in [5.74, 6) is 1.03. The van der Waals surface area contributed by atoms with Gasteiger partial charge in [0.15, 0.2) is 0 Å². The average molecular weight is 325 g/mol. The van der Waals surface area contributed by atoms with Gasteiger partial charge < -0.3 is 15.0 Å². The molecule has 4 heteroatoms. The molecule has 1 N–H and O–H groups in total. The summed E-state index contributed by atoms with van der Waals surface area (Å²) in [6, 6.07) is 2.10. The molecule has 1 aromatic rings. The Labute approximate surface area is 140 Å². The van der Waals surface area contributed by atoms with Crippen molar-refractivity contribution in [2.45, 2.75) is 40.0 Å². The number of nitrogens with zero attached hydrogens (tertiary/aromatic N) is 1. The molecular formula is C18H29ClN2O. The van der Waals surface area contributed by atoms with Crippen LogP contribution in [0.1, 0.15) is 36.5 Å². The van der Waals surface area contributed by atoms with E-state index in [1.807, 2.05) is 0 Å². The van der Waals surface area contributed by atoms with Crippen LogP contribution in [0.3, 0.4) is 0 Å². The van der Waals surface area contributed by atoms with Crippen molar-refractivity contribution in [2.75, 3.05) is 39.3 Å². The molecule has 0 saturated carbocycles. The van der Waals surface area contributed by atoms with Crippen molar-refractivity contribution in [1.29, 1.82) is 0 Å². The Morgan fingerprint density at radius 2 is 2.00 bits per heavy atom. The zero-order chi connectivity index (χ0) is 15.9. The molecule has 124 valence electrons. The van der Waals surface area contributed by atoms with Crippen molar-refractivity contribution in [3.05, 3.63) is 27.8 Å². The van der Waals surface area contributed by atoms with E-state index in [1.165, 1.54) is 11.1 Å². The summed E-state index contributed by atoms with van der Waals surface area (Å²) in [5.41, 5.74) is 3.59. The van der Waals surface area contributed by atoms with E-state index < -0.39 is 0 Å². The van der Waals surface area contributed by atoms with Crippen molar-refractivity contribution in [1.82, 2.24) is 10.2 Å². The molecule has 0 aromatic heterocycles. The van der Waals surface area contributed by atoms with Crippen molar-refractivity contribution >= 4 is 11.6 Å². The molecule has 0 unspecified atom stereocenters. The maximum Gasteiger partial charge on any atom is 0.123 e. The lowest BCUT2D eigenvalue weighted by molar-refractivity contribution is 0.238. The first-order valence-corrected chi connectivity index (χ1v) is 8.85. The minimum Gasteiger partial charge on any atom is -0.493 e. The SMILES string of the molecule is CCCOc1cc(C)c(Cl)c(C)c1CCCN1CCNCC1. The highest BCUT2D eigenvalue weighted by Crippen LogP contribution is 2.32. The molecular weight excluding hydrogens is 296 g/mol. The van der Waals surface area contributed by atoms with E-state index in [2.05, 4.69) is 37.1 Å². The standard InChI is InChI=1S/C18H29ClN2O/c1-4-12-22-17-13-14(2)18(19)15(3)16(17)6-5-9-21-10-7-20-8-11-21/h13,20H,4-12H2,1-3H3. The number of piperazine rings is 1. The predicted molar refractivity (Wildman–Crippen MR) is 94.3 cm³/mol. The summed E-state index contributed by atoms with van der Waals surface area (Å²) < 4.78 is 5.96. The van der Waals surface area contributed by atoms with Crippen molar-refractivity contribution in [2.24, 2.45) is 0 Å². The van der Waals surface area contributed by atoms with Crippen molar-refractivity contribution in [3.63, 3.8) is 0 Å². The van der Waals surface area contributed by atoms with E-state index in [-0.39, 0.29) is 0 Å². The van der Waals surface area contributed by atoms with Gasteiger partial charge in [-0.3, -0.25) is 0 Å². The first kappa shape index (κ1) is 17.6. The quantitative estimate of drug-likeness (QED) is 0.829. The fourth-order valence-electron chi connectivity index (χ4n) is 3.03. The summed E-state index contributed by atoms with van der Waals surface area (Å²) in [6.45, 7) is 12.8. The van der Waals surface area contributed by atoms with Crippen molar-refractivity contribution < 1.29 is 4.74 Å². The van der Waals surface area contributed by atoms with Crippen LogP contribution in [-0.4, -0.2) is 44.2 Å². The van der Waals surface area contributed by atoms with Gasteiger partial charge in [-0.1, -0.05) is 18.5 Å². The summed E-state index contributed by atoms with van der Waals surface area (Å²) >= 11 is 6.44. The lowest BCUT2D eigenvalue weighted by atomic mass is 9.99. The minimum atomic E-state index is 0.769. The molecule has 1 saturated heterocycles. The molecule has 1 heterocycles. The topological polar surface area (TPSA) is 24.5 Å². The molecule has 0 aliphatic carbocycles. The zero-order valence-electron chi connectivity index (χ0n) is 14.2. The highest BCUT2D eigenvalue weighted by Gasteiger charge is 2.14. The fraction of sp³-hybridized carbons (Fsp3) is 0.667. The van der Waals surface area contributed by atoms with Gasteiger partial charge in [0, 0.05) is 31.2 Å². The second kappa shape index (κ2) is 8.76. The molecule has 0 radical (unpaired) electrons. The van der Waals surface area contributed by atoms with Crippen LogP contribution in [-0.2, 0) is 6.42 Å². The van der Waals surface area contributed by atoms with E-state index in [9.17, 15) is 0 Å². The lowest BCUT2D eigenvalue weighted by Crippen LogP contribution is -2.43. The third-order valence-corrected chi connectivity index (χ3v) is 4.93. The van der Waals surface area contributed by atoms with Crippen LogP contribution in [0.15, 0.2) is 6.07 Å². The third-order valence-electron chi connectivity index (χ3n) is 4.35. The molecule has 1 aromatic carbocycles. The van der Waals surface area contributed by atoms with E-state index in [0.717, 1.165) is 74.9 Å². The summed E-state index contributed by atoms with van der Waals surface area (Å²) in [6.07, 6.45) is 3.22. The molecule has 0 atom stereocenters. The molecule has 1 fully saturated rings. The van der Waals surface area contributed by atoms with Gasteiger partial charge in [-0.25, -0.2) is 0 Å². The first-order chi connectivity index (χ1) is 10.6. The third kappa shape index (κ3) is 4.61. The highest BCUT2D eigenvalue weighted by atomic mass is 35.5. The molecule has 1 aliphatic rings. The van der Waals surface area contributed by atoms with Gasteiger partial charge in [0.2, 0.25) is 0 Å². The van der Waals surface area contributed by atoms with Gasteiger partial charge in [0.1, 0.15) is 5.75 Å². The second-order valence-corrected chi connectivity index (χ2v) is 6.53. The molecule has 2 rings (SSSR count). The molecule has 1 aliphatic heterocycles. The average Bonchev–Trinajstić information content (AvgIpc) is 2.54. The summed E-state index contributed by atoms with van der Waals surface area (Å²) in [5, 5.41) is 4.29. The molecule has 0 bridgehead atoms. The second-order valence-electron chi connectivity index (χ2n) is 6.15. The number of halogens is 1. The number of hydrogen-bond donors (Lipinski definition) is 1. The normalized spacial score (nSPS) is 16.0. The van der Waals surface area contributed by atoms with E-state index >= 15 is 0 Å². The van der Waals surface area contributed by atoms with Gasteiger partial charge in [-0.05, 0) is 62.4 Å². The van der Waals surface area contributed by atoms with Crippen LogP contribution in [0, 0.1) is 13.8 Å². The lowest BCUT2D eigenvalue weighted by Gasteiger charge is -2.27. The minimum absolute atomic E-state index is 0.769. The fourth-order valence-corrected chi connectivity index (χ4v) is 3.19. The number of ether oxygens (including phenoxy) is 1. The van der Waals surface area contributed by atoms with Crippen LogP contribution in [0.4, 0.5) is 0 Å². The molecule has 22 heavy (non-hydrogen) atoms. The van der Waals surface area contributed by atoms with E-state index in [4.69, 9.17) is 16.3 Å². The summed E-state index contributed by atoms with van der Waals surface area (Å²) in [4.78, 5) is 2.54. The number of benzene rings is 1. The maximum atomic E-state index is 6.44. The Balaban J connectivity index is 2.02. The summed E-state index contributed by atoms with van der Waals surface area (Å²) in [7, 11) is 0. The monoisotopic (exact) mass is 324 g/mol. The van der Waals surface area contributed by atoms with Gasteiger partial charge in [0.05, 0.1) is 6.61 Å². The Morgan fingerprint density at radius 1 is 1.27 bits per heavy atom. The van der Waals surface area contributed by atoms with Gasteiger partial charge >= 0.3 is 0 Å². The number of nitrogens with one attached hydrogen (secondary N) is 1. The maximum absolute atomic E-state index is 6.44. The van der Waals surface area contributed by atoms with Crippen LogP contribution in [0.2, 0.25) is 5.02 Å². The first-order valence-electron chi connectivity index (χ1n) is 8.48. The smallest absolute Gasteiger partial charge is 0.123 e. The van der Waals surface area contributed by atoms with Crippen LogP contribution in [0.5, 0.6) is 5.75 Å².